The first-order valence-corrected chi connectivity index (χ1v) is 9.17. The first-order valence-electron chi connectivity index (χ1n) is 8.38. The molecular formula is C18H16BrF4N3O2. The number of nitrogens with zero attached hydrogens (tertiary/aromatic N) is 3. The van der Waals surface area contributed by atoms with Crippen LogP contribution in [0, 0.1) is 5.82 Å². The quantitative estimate of drug-likeness (QED) is 0.650. The first-order chi connectivity index (χ1) is 13.2. The number of ether oxygens (including phenoxy) is 1. The van der Waals surface area contributed by atoms with Gasteiger partial charge in [-0.05, 0) is 46.3 Å². The maximum absolute atomic E-state index is 13.1. The Morgan fingerprint density at radius 2 is 1.86 bits per heavy atom. The molecule has 0 N–H and O–H groups in total. The summed E-state index contributed by atoms with van der Waals surface area (Å²) in [5.41, 5.74) is -0.797. The van der Waals surface area contributed by atoms with E-state index in [1.807, 2.05) is 4.90 Å². The minimum absolute atomic E-state index is 0.192. The molecule has 3 rings (SSSR count). The summed E-state index contributed by atoms with van der Waals surface area (Å²) in [5, 5.41) is 0. The highest BCUT2D eigenvalue weighted by Gasteiger charge is 2.31. The van der Waals surface area contributed by atoms with Crippen LogP contribution in [0.5, 0.6) is 5.75 Å². The molecule has 0 spiro atoms. The zero-order valence-corrected chi connectivity index (χ0v) is 16.1. The summed E-state index contributed by atoms with van der Waals surface area (Å²) >= 11 is 3.17. The summed E-state index contributed by atoms with van der Waals surface area (Å²) in [6, 6.07) is 6.24. The minimum atomic E-state index is -4.42. The second-order valence-corrected chi connectivity index (χ2v) is 6.99. The van der Waals surface area contributed by atoms with Crippen LogP contribution in [-0.4, -0.2) is 48.6 Å². The Hall–Kier alpha value is -2.36. The molecule has 1 saturated heterocycles. The Labute approximate surface area is 167 Å². The number of carbonyl (C=O) groups excluding carboxylic acids is 1. The van der Waals surface area contributed by atoms with Gasteiger partial charge in [0.2, 0.25) is 0 Å². The molecule has 1 aliphatic rings. The topological polar surface area (TPSA) is 45.7 Å². The standard InChI is InChI=1S/C18H16BrF4N3O2/c19-14-9-13(20)2-3-15(14)28-11-17(27)26-7-5-25(6-8-26)16-4-1-12(10-24-16)18(21,22)23/h1-4,9-10H,5-8,11H2. The molecule has 150 valence electrons. The zero-order chi connectivity index (χ0) is 20.3. The van der Waals surface area contributed by atoms with E-state index in [-0.39, 0.29) is 12.5 Å². The Morgan fingerprint density at radius 3 is 2.43 bits per heavy atom. The molecule has 0 unspecified atom stereocenters. The third kappa shape index (κ3) is 4.92. The van der Waals surface area contributed by atoms with Crippen LogP contribution in [0.15, 0.2) is 41.0 Å². The average Bonchev–Trinajstić information content (AvgIpc) is 2.67. The molecule has 0 radical (unpaired) electrons. The van der Waals surface area contributed by atoms with Gasteiger partial charge >= 0.3 is 6.18 Å². The highest BCUT2D eigenvalue weighted by molar-refractivity contribution is 9.10. The molecule has 1 aromatic heterocycles. The molecule has 0 atom stereocenters. The Kier molecular flexibility index (Phi) is 6.07. The van der Waals surface area contributed by atoms with Crippen molar-refractivity contribution >= 4 is 27.7 Å². The molecule has 1 aliphatic heterocycles. The Morgan fingerprint density at radius 1 is 1.14 bits per heavy atom. The van der Waals surface area contributed by atoms with Gasteiger partial charge in [-0.2, -0.15) is 13.2 Å². The van der Waals surface area contributed by atoms with Crippen molar-refractivity contribution in [3.05, 3.63) is 52.4 Å². The summed E-state index contributed by atoms with van der Waals surface area (Å²) in [7, 11) is 0. The number of pyridine rings is 1. The number of hydrogen-bond donors (Lipinski definition) is 0. The second kappa shape index (κ2) is 8.34. The summed E-state index contributed by atoms with van der Waals surface area (Å²) in [6.07, 6.45) is -3.61. The number of anilines is 1. The van der Waals surface area contributed by atoms with Gasteiger partial charge in [-0.15, -0.1) is 0 Å². The van der Waals surface area contributed by atoms with Gasteiger partial charge in [0.1, 0.15) is 17.4 Å². The number of alkyl halides is 3. The highest BCUT2D eigenvalue weighted by Crippen LogP contribution is 2.29. The molecule has 1 aromatic carbocycles. The number of amides is 1. The van der Waals surface area contributed by atoms with Crippen molar-refractivity contribution in [2.75, 3.05) is 37.7 Å². The minimum Gasteiger partial charge on any atom is -0.483 e. The van der Waals surface area contributed by atoms with Gasteiger partial charge < -0.3 is 14.5 Å². The maximum atomic E-state index is 13.1. The summed E-state index contributed by atoms with van der Waals surface area (Å²) in [4.78, 5) is 19.6. The SMILES string of the molecule is O=C(COc1ccc(F)cc1Br)N1CCN(c2ccc(C(F)(F)F)cn2)CC1. The molecule has 0 saturated carbocycles. The number of piperazine rings is 1. The fourth-order valence-electron chi connectivity index (χ4n) is 2.75. The number of halogens is 5. The van der Waals surface area contributed by atoms with E-state index in [0.717, 1.165) is 12.3 Å². The van der Waals surface area contributed by atoms with Gasteiger partial charge in [0, 0.05) is 32.4 Å². The van der Waals surface area contributed by atoms with Crippen molar-refractivity contribution in [3.8, 4) is 5.75 Å². The number of rotatable bonds is 4. The zero-order valence-electron chi connectivity index (χ0n) is 14.5. The molecule has 1 fully saturated rings. The predicted molar refractivity (Wildman–Crippen MR) is 97.6 cm³/mol. The van der Waals surface area contributed by atoms with E-state index in [1.165, 1.54) is 24.3 Å². The summed E-state index contributed by atoms with van der Waals surface area (Å²) in [5.74, 6) is 0.156. The molecular weight excluding hydrogens is 446 g/mol. The summed E-state index contributed by atoms with van der Waals surface area (Å²) < 4.78 is 56.7. The van der Waals surface area contributed by atoms with Crippen LogP contribution in [-0.2, 0) is 11.0 Å². The molecule has 28 heavy (non-hydrogen) atoms. The molecule has 0 bridgehead atoms. The van der Waals surface area contributed by atoms with Crippen LogP contribution in [0.3, 0.4) is 0 Å². The molecule has 0 aliphatic carbocycles. The highest BCUT2D eigenvalue weighted by atomic mass is 79.9. The first kappa shape index (κ1) is 20.4. The lowest BCUT2D eigenvalue weighted by Gasteiger charge is -2.35. The monoisotopic (exact) mass is 461 g/mol. The van der Waals surface area contributed by atoms with Crippen molar-refractivity contribution in [1.82, 2.24) is 9.88 Å². The number of hydrogen-bond acceptors (Lipinski definition) is 4. The van der Waals surface area contributed by atoms with Crippen molar-refractivity contribution in [2.45, 2.75) is 6.18 Å². The summed E-state index contributed by atoms with van der Waals surface area (Å²) in [6.45, 7) is 1.50. The van der Waals surface area contributed by atoms with Gasteiger partial charge in [-0.25, -0.2) is 9.37 Å². The lowest BCUT2D eigenvalue weighted by molar-refractivity contribution is -0.138. The lowest BCUT2D eigenvalue weighted by atomic mass is 10.2. The van der Waals surface area contributed by atoms with Gasteiger partial charge in [0.15, 0.2) is 6.61 Å². The number of carbonyl (C=O) groups is 1. The Balaban J connectivity index is 1.51. The van der Waals surface area contributed by atoms with Gasteiger partial charge in [-0.3, -0.25) is 4.79 Å². The average molecular weight is 462 g/mol. The van der Waals surface area contributed by atoms with E-state index in [0.29, 0.717) is 42.2 Å². The van der Waals surface area contributed by atoms with Crippen molar-refractivity contribution in [1.29, 1.82) is 0 Å². The van der Waals surface area contributed by atoms with E-state index < -0.39 is 17.6 Å². The maximum Gasteiger partial charge on any atom is 0.417 e. The van der Waals surface area contributed by atoms with Gasteiger partial charge in [0.05, 0.1) is 10.0 Å². The van der Waals surface area contributed by atoms with Crippen LogP contribution in [0.4, 0.5) is 23.4 Å². The fourth-order valence-corrected chi connectivity index (χ4v) is 3.21. The third-order valence-corrected chi connectivity index (χ3v) is 4.90. The van der Waals surface area contributed by atoms with Crippen molar-refractivity contribution < 1.29 is 27.1 Å². The van der Waals surface area contributed by atoms with E-state index in [4.69, 9.17) is 4.74 Å². The van der Waals surface area contributed by atoms with E-state index in [2.05, 4.69) is 20.9 Å². The third-order valence-electron chi connectivity index (χ3n) is 4.28. The van der Waals surface area contributed by atoms with E-state index in [9.17, 15) is 22.4 Å². The van der Waals surface area contributed by atoms with Crippen LogP contribution in [0.1, 0.15) is 5.56 Å². The van der Waals surface area contributed by atoms with Gasteiger partial charge in [0.25, 0.3) is 5.91 Å². The fraction of sp³-hybridized carbons (Fsp3) is 0.333. The molecule has 1 amide bonds. The molecule has 2 aromatic rings. The van der Waals surface area contributed by atoms with Crippen LogP contribution in [0.2, 0.25) is 0 Å². The predicted octanol–water partition coefficient (Wildman–Crippen LogP) is 3.73. The molecule has 10 heteroatoms. The van der Waals surface area contributed by atoms with E-state index >= 15 is 0 Å². The number of aromatic nitrogens is 1. The van der Waals surface area contributed by atoms with E-state index in [1.54, 1.807) is 4.90 Å². The van der Waals surface area contributed by atoms with Crippen molar-refractivity contribution in [3.63, 3.8) is 0 Å². The lowest BCUT2D eigenvalue weighted by Crippen LogP contribution is -2.50. The second-order valence-electron chi connectivity index (χ2n) is 6.13. The molecule has 5 nitrogen and oxygen atoms in total. The smallest absolute Gasteiger partial charge is 0.417 e. The molecule has 2 heterocycles. The van der Waals surface area contributed by atoms with Crippen LogP contribution in [0.25, 0.3) is 0 Å². The van der Waals surface area contributed by atoms with Crippen LogP contribution >= 0.6 is 15.9 Å². The normalized spacial score (nSPS) is 14.9. The van der Waals surface area contributed by atoms with Crippen molar-refractivity contribution in [2.24, 2.45) is 0 Å². The Bertz CT molecular complexity index is 838. The largest absolute Gasteiger partial charge is 0.483 e. The van der Waals surface area contributed by atoms with Gasteiger partial charge in [-0.1, -0.05) is 0 Å². The van der Waals surface area contributed by atoms with Crippen LogP contribution < -0.4 is 9.64 Å². The number of benzene rings is 1.